The smallest absolute Gasteiger partial charge is 0.243 e. The third kappa shape index (κ3) is 3.55. The summed E-state index contributed by atoms with van der Waals surface area (Å²) in [5.41, 5.74) is 6.40. The Balaban J connectivity index is 0.00000200. The summed E-state index contributed by atoms with van der Waals surface area (Å²) < 4.78 is 1.81. The molecule has 0 spiro atoms. The number of amides is 1. The zero-order valence-corrected chi connectivity index (χ0v) is 12.4. The molecule has 1 amide bonds. The highest BCUT2D eigenvalue weighted by Gasteiger charge is 2.21. The largest absolute Gasteiger partial charge is 0.324 e. The van der Waals surface area contributed by atoms with E-state index in [4.69, 9.17) is 5.73 Å². The fourth-order valence-electron chi connectivity index (χ4n) is 1.57. The molecule has 0 saturated carbocycles. The summed E-state index contributed by atoms with van der Waals surface area (Å²) >= 11 is 0. The first kappa shape index (κ1) is 16.1. The molecule has 2 aromatic rings. The van der Waals surface area contributed by atoms with Crippen molar-refractivity contribution in [2.45, 2.75) is 19.4 Å². The second kappa shape index (κ2) is 6.02. The highest BCUT2D eigenvalue weighted by atomic mass is 35.5. The molecule has 7 heteroatoms. The van der Waals surface area contributed by atoms with Crippen molar-refractivity contribution in [1.82, 2.24) is 14.8 Å². The predicted molar refractivity (Wildman–Crippen MR) is 80.6 cm³/mol. The molecule has 0 radical (unpaired) electrons. The normalized spacial score (nSPS) is 10.8. The fourth-order valence-corrected chi connectivity index (χ4v) is 1.57. The molecule has 2 rings (SSSR count). The van der Waals surface area contributed by atoms with E-state index in [0.717, 1.165) is 11.4 Å². The van der Waals surface area contributed by atoms with E-state index in [9.17, 15) is 4.79 Å². The van der Waals surface area contributed by atoms with Crippen LogP contribution in [0.3, 0.4) is 0 Å². The lowest BCUT2D eigenvalue weighted by atomic mass is 10.1. The first-order valence-electron chi connectivity index (χ1n) is 5.92. The van der Waals surface area contributed by atoms with E-state index in [1.54, 1.807) is 20.2 Å². The minimum atomic E-state index is -0.916. The van der Waals surface area contributed by atoms with Crippen LogP contribution in [-0.2, 0) is 11.8 Å². The molecule has 0 atom stereocenters. The number of hydrogen-bond donors (Lipinski definition) is 2. The van der Waals surface area contributed by atoms with E-state index in [1.807, 2.05) is 35.9 Å². The Morgan fingerprint density at radius 1 is 1.40 bits per heavy atom. The van der Waals surface area contributed by atoms with Gasteiger partial charge in [0.1, 0.15) is 6.33 Å². The molecule has 3 N–H and O–H groups in total. The number of nitrogens with two attached hydrogens (primary N) is 1. The number of carbonyl (C=O) groups excluding carboxylic acids is 1. The van der Waals surface area contributed by atoms with Crippen LogP contribution < -0.4 is 11.1 Å². The SMILES string of the molecule is Cl.Cn1cnnc1-c1cccc(NC(=O)C(C)(C)N)c1. The van der Waals surface area contributed by atoms with Crippen LogP contribution in [0.25, 0.3) is 11.4 Å². The average molecular weight is 296 g/mol. The van der Waals surface area contributed by atoms with Gasteiger partial charge >= 0.3 is 0 Å². The fraction of sp³-hybridized carbons (Fsp3) is 0.308. The number of carbonyl (C=O) groups is 1. The van der Waals surface area contributed by atoms with Crippen molar-refractivity contribution in [2.24, 2.45) is 12.8 Å². The molecule has 0 aliphatic carbocycles. The Morgan fingerprint density at radius 2 is 2.10 bits per heavy atom. The number of halogens is 1. The Labute approximate surface area is 123 Å². The van der Waals surface area contributed by atoms with Gasteiger partial charge in [0.15, 0.2) is 5.82 Å². The topological polar surface area (TPSA) is 85.8 Å². The zero-order valence-electron chi connectivity index (χ0n) is 11.6. The van der Waals surface area contributed by atoms with E-state index in [-0.39, 0.29) is 18.3 Å². The second-order valence-corrected chi connectivity index (χ2v) is 5.02. The summed E-state index contributed by atoms with van der Waals surface area (Å²) in [7, 11) is 1.86. The summed E-state index contributed by atoms with van der Waals surface area (Å²) in [6.07, 6.45) is 1.63. The van der Waals surface area contributed by atoms with Crippen LogP contribution in [0.5, 0.6) is 0 Å². The van der Waals surface area contributed by atoms with Crippen LogP contribution in [0.2, 0.25) is 0 Å². The Hall–Kier alpha value is -1.92. The number of aromatic nitrogens is 3. The molecule has 1 aromatic heterocycles. The minimum Gasteiger partial charge on any atom is -0.324 e. The molecule has 1 heterocycles. The number of nitrogens with zero attached hydrogens (tertiary/aromatic N) is 3. The molecule has 6 nitrogen and oxygen atoms in total. The molecular weight excluding hydrogens is 278 g/mol. The van der Waals surface area contributed by atoms with Gasteiger partial charge in [-0.3, -0.25) is 4.79 Å². The molecule has 0 saturated heterocycles. The van der Waals surface area contributed by atoms with Gasteiger partial charge in [0.05, 0.1) is 5.54 Å². The molecule has 0 bridgehead atoms. The third-order valence-corrected chi connectivity index (χ3v) is 2.68. The minimum absolute atomic E-state index is 0. The van der Waals surface area contributed by atoms with Gasteiger partial charge in [-0.2, -0.15) is 0 Å². The maximum Gasteiger partial charge on any atom is 0.243 e. The molecule has 0 fully saturated rings. The van der Waals surface area contributed by atoms with Crippen molar-refractivity contribution < 1.29 is 4.79 Å². The third-order valence-electron chi connectivity index (χ3n) is 2.68. The summed E-state index contributed by atoms with van der Waals surface area (Å²) in [5, 5.41) is 10.6. The lowest BCUT2D eigenvalue weighted by Gasteiger charge is -2.18. The molecular formula is C13H18ClN5O. The number of hydrogen-bond acceptors (Lipinski definition) is 4. The number of benzene rings is 1. The van der Waals surface area contributed by atoms with Crippen molar-refractivity contribution in [1.29, 1.82) is 0 Å². The number of rotatable bonds is 3. The van der Waals surface area contributed by atoms with Crippen LogP contribution in [-0.4, -0.2) is 26.2 Å². The van der Waals surface area contributed by atoms with Crippen molar-refractivity contribution in [2.75, 3.05) is 5.32 Å². The maximum absolute atomic E-state index is 11.8. The Kier molecular flexibility index (Phi) is 4.86. The van der Waals surface area contributed by atoms with Gasteiger partial charge in [0, 0.05) is 18.3 Å². The summed E-state index contributed by atoms with van der Waals surface area (Å²) in [6, 6.07) is 7.41. The molecule has 0 unspecified atom stereocenters. The first-order valence-corrected chi connectivity index (χ1v) is 5.92. The van der Waals surface area contributed by atoms with Gasteiger partial charge in [-0.05, 0) is 26.0 Å². The molecule has 1 aromatic carbocycles. The molecule has 0 aliphatic heterocycles. The molecule has 20 heavy (non-hydrogen) atoms. The van der Waals surface area contributed by atoms with E-state index in [1.165, 1.54) is 0 Å². The monoisotopic (exact) mass is 295 g/mol. The summed E-state index contributed by atoms with van der Waals surface area (Å²) in [4.78, 5) is 11.8. The standard InChI is InChI=1S/C13H17N5O.ClH/c1-13(2,14)12(19)16-10-6-4-5-9(7-10)11-17-15-8-18(11)3;/h4-8H,14H2,1-3H3,(H,16,19);1H. The highest BCUT2D eigenvalue weighted by Crippen LogP contribution is 2.20. The van der Waals surface area contributed by atoms with Crippen molar-refractivity contribution in [3.8, 4) is 11.4 Å². The quantitative estimate of drug-likeness (QED) is 0.900. The lowest BCUT2D eigenvalue weighted by molar-refractivity contribution is -0.120. The van der Waals surface area contributed by atoms with Gasteiger partial charge in [-0.25, -0.2) is 0 Å². The summed E-state index contributed by atoms with van der Waals surface area (Å²) in [5.74, 6) is 0.505. The van der Waals surface area contributed by atoms with Crippen LogP contribution in [0.1, 0.15) is 13.8 Å². The van der Waals surface area contributed by atoms with Crippen LogP contribution >= 0.6 is 12.4 Å². The Bertz CT molecular complexity index is 603. The maximum atomic E-state index is 11.8. The van der Waals surface area contributed by atoms with E-state index < -0.39 is 5.54 Å². The van der Waals surface area contributed by atoms with Gasteiger partial charge in [0.25, 0.3) is 0 Å². The van der Waals surface area contributed by atoms with Gasteiger partial charge in [-0.15, -0.1) is 22.6 Å². The van der Waals surface area contributed by atoms with Gasteiger partial charge in [0.2, 0.25) is 5.91 Å². The zero-order chi connectivity index (χ0) is 14.0. The van der Waals surface area contributed by atoms with E-state index in [0.29, 0.717) is 5.69 Å². The van der Waals surface area contributed by atoms with Crippen LogP contribution in [0.15, 0.2) is 30.6 Å². The lowest BCUT2D eigenvalue weighted by Crippen LogP contribution is -2.45. The van der Waals surface area contributed by atoms with E-state index >= 15 is 0 Å². The van der Waals surface area contributed by atoms with Crippen LogP contribution in [0, 0.1) is 0 Å². The van der Waals surface area contributed by atoms with Gasteiger partial charge < -0.3 is 15.6 Å². The molecule has 108 valence electrons. The van der Waals surface area contributed by atoms with Crippen molar-refractivity contribution in [3.63, 3.8) is 0 Å². The second-order valence-electron chi connectivity index (χ2n) is 5.02. The number of anilines is 1. The predicted octanol–water partition coefficient (Wildman–Crippen LogP) is 1.58. The van der Waals surface area contributed by atoms with Crippen LogP contribution in [0.4, 0.5) is 5.69 Å². The van der Waals surface area contributed by atoms with E-state index in [2.05, 4.69) is 15.5 Å². The van der Waals surface area contributed by atoms with Gasteiger partial charge in [-0.1, -0.05) is 12.1 Å². The molecule has 0 aliphatic rings. The van der Waals surface area contributed by atoms with Crippen molar-refractivity contribution >= 4 is 24.0 Å². The average Bonchev–Trinajstić information content (AvgIpc) is 2.74. The highest BCUT2D eigenvalue weighted by molar-refractivity contribution is 5.97. The number of nitrogens with one attached hydrogen (secondary N) is 1. The number of aryl methyl sites for hydroxylation is 1. The Morgan fingerprint density at radius 3 is 2.65 bits per heavy atom. The van der Waals surface area contributed by atoms with Crippen molar-refractivity contribution in [3.05, 3.63) is 30.6 Å². The first-order chi connectivity index (χ1) is 8.88. The summed E-state index contributed by atoms with van der Waals surface area (Å²) in [6.45, 7) is 3.32.